The number of oxime groups is 1. The van der Waals surface area contributed by atoms with E-state index in [-0.39, 0.29) is 17.2 Å². The molecule has 0 aromatic carbocycles. The van der Waals surface area contributed by atoms with Crippen molar-refractivity contribution in [3.8, 4) is 0 Å². The van der Waals surface area contributed by atoms with Gasteiger partial charge in [0.15, 0.2) is 14.4 Å². The Morgan fingerprint density at radius 1 is 1.15 bits per heavy atom. The summed E-state index contributed by atoms with van der Waals surface area (Å²) >= 11 is 0. The quantitative estimate of drug-likeness (QED) is 0.643. The maximum atomic E-state index is 10.5. The highest BCUT2D eigenvalue weighted by Gasteiger charge is 2.41. The Morgan fingerprint density at radius 3 is 2.35 bits per heavy atom. The monoisotopic (exact) mass is 385 g/mol. The average Bonchev–Trinajstić information content (AvgIpc) is 3.04. The molecule has 0 unspecified atom stereocenters. The van der Waals surface area contributed by atoms with E-state index < -0.39 is 20.5 Å². The van der Waals surface area contributed by atoms with Crippen LogP contribution in [-0.2, 0) is 9.26 Å². The van der Waals surface area contributed by atoms with E-state index in [2.05, 4.69) is 39.0 Å². The van der Waals surface area contributed by atoms with Gasteiger partial charge in [0.25, 0.3) is 0 Å². The number of hydrogen-bond acceptors (Lipinski definition) is 5. The molecule has 1 saturated carbocycles. The zero-order valence-corrected chi connectivity index (χ0v) is 18.5. The first-order valence-electron chi connectivity index (χ1n) is 10.3. The van der Waals surface area contributed by atoms with Crippen LogP contribution in [0.15, 0.2) is 5.16 Å². The van der Waals surface area contributed by atoms with Gasteiger partial charge in [0.2, 0.25) is 0 Å². The lowest BCUT2D eigenvalue weighted by molar-refractivity contribution is -0.0496. The van der Waals surface area contributed by atoms with Crippen molar-refractivity contribution in [1.29, 1.82) is 0 Å². The average molecular weight is 386 g/mol. The van der Waals surface area contributed by atoms with Crippen LogP contribution in [0, 0.1) is 5.92 Å². The molecule has 1 aliphatic heterocycles. The molecule has 1 fully saturated rings. The second kappa shape index (κ2) is 8.72. The van der Waals surface area contributed by atoms with Crippen LogP contribution in [0.1, 0.15) is 72.6 Å². The molecule has 152 valence electrons. The molecular formula is C20H39NO4Si. The van der Waals surface area contributed by atoms with Gasteiger partial charge in [-0.25, -0.2) is 0 Å². The van der Waals surface area contributed by atoms with Crippen LogP contribution < -0.4 is 0 Å². The van der Waals surface area contributed by atoms with Gasteiger partial charge in [-0.3, -0.25) is 0 Å². The van der Waals surface area contributed by atoms with Gasteiger partial charge in [-0.1, -0.05) is 45.2 Å². The number of hydrogen-bond donors (Lipinski definition) is 2. The zero-order chi connectivity index (χ0) is 19.5. The van der Waals surface area contributed by atoms with Crippen LogP contribution in [0.25, 0.3) is 0 Å². The molecule has 2 N–H and O–H groups in total. The van der Waals surface area contributed by atoms with Crippen molar-refractivity contribution in [3.63, 3.8) is 0 Å². The van der Waals surface area contributed by atoms with E-state index in [1.165, 1.54) is 19.3 Å². The normalized spacial score (nSPS) is 26.2. The second-order valence-corrected chi connectivity index (χ2v) is 14.5. The molecule has 0 radical (unpaired) electrons. The van der Waals surface area contributed by atoms with Gasteiger partial charge in [-0.2, -0.15) is 0 Å². The predicted octanol–water partition coefficient (Wildman–Crippen LogP) is 4.23. The van der Waals surface area contributed by atoms with Gasteiger partial charge < -0.3 is 19.5 Å². The van der Waals surface area contributed by atoms with Crippen molar-refractivity contribution >= 4 is 14.0 Å². The van der Waals surface area contributed by atoms with Crippen molar-refractivity contribution in [2.45, 2.75) is 115 Å². The van der Waals surface area contributed by atoms with Crippen molar-refractivity contribution in [2.24, 2.45) is 11.1 Å². The zero-order valence-electron chi connectivity index (χ0n) is 17.5. The molecule has 4 atom stereocenters. The number of rotatable bonds is 7. The van der Waals surface area contributed by atoms with Gasteiger partial charge in [0.1, 0.15) is 0 Å². The Labute approximate surface area is 160 Å². The van der Waals surface area contributed by atoms with Crippen LogP contribution >= 0.6 is 0 Å². The minimum atomic E-state index is -1.87. The molecule has 0 spiro atoms. The molecule has 0 aromatic heterocycles. The van der Waals surface area contributed by atoms with E-state index in [4.69, 9.17) is 9.26 Å². The lowest BCUT2D eigenvalue weighted by Gasteiger charge is -2.38. The van der Waals surface area contributed by atoms with Crippen molar-refractivity contribution in [3.05, 3.63) is 0 Å². The fourth-order valence-corrected chi connectivity index (χ4v) is 5.03. The summed E-state index contributed by atoms with van der Waals surface area (Å²) < 4.78 is 6.39. The van der Waals surface area contributed by atoms with E-state index in [0.717, 1.165) is 18.6 Å². The summed E-state index contributed by atoms with van der Waals surface area (Å²) in [6, 6.07) is 0. The van der Waals surface area contributed by atoms with E-state index in [0.29, 0.717) is 18.8 Å². The summed E-state index contributed by atoms with van der Waals surface area (Å²) in [5, 5.41) is 25.3. The molecule has 5 nitrogen and oxygen atoms in total. The van der Waals surface area contributed by atoms with Crippen molar-refractivity contribution < 1.29 is 19.5 Å². The minimum Gasteiger partial charge on any atom is -0.409 e. The SMILES string of the molecule is C[C@H](O[Si](C)(C)C(C)(C)C)C1=NO[C@H]([C@@H](O)C[C@@H](O)C2CCCCC2)C1. The summed E-state index contributed by atoms with van der Waals surface area (Å²) in [7, 11) is -1.87. The summed E-state index contributed by atoms with van der Waals surface area (Å²) in [5.41, 5.74) is 0.867. The molecule has 0 saturated heterocycles. The third-order valence-electron chi connectivity index (χ3n) is 6.57. The minimum absolute atomic E-state index is 0.101. The molecule has 26 heavy (non-hydrogen) atoms. The van der Waals surface area contributed by atoms with Gasteiger partial charge in [0, 0.05) is 12.8 Å². The summed E-state index contributed by atoms with van der Waals surface area (Å²) in [6.45, 7) is 13.1. The highest BCUT2D eigenvalue weighted by Crippen LogP contribution is 2.38. The lowest BCUT2D eigenvalue weighted by atomic mass is 9.83. The first kappa shape index (κ1) is 21.9. The van der Waals surface area contributed by atoms with Crippen molar-refractivity contribution in [1.82, 2.24) is 0 Å². The number of aliphatic hydroxyl groups is 2. The topological polar surface area (TPSA) is 71.3 Å². The third-order valence-corrected chi connectivity index (χ3v) is 11.1. The Bertz CT molecular complexity index is 483. The van der Waals surface area contributed by atoms with E-state index in [1.807, 2.05) is 6.92 Å². The van der Waals surface area contributed by atoms with Gasteiger partial charge in [-0.15, -0.1) is 0 Å². The first-order valence-corrected chi connectivity index (χ1v) is 13.2. The third kappa shape index (κ3) is 5.53. The standard InChI is InChI=1S/C20H39NO4Si/c1-14(25-26(5,6)20(2,3)4)16-12-19(24-21-16)18(23)13-17(22)15-10-8-7-9-11-15/h14-15,17-19,22-23H,7-13H2,1-6H3/t14-,17+,18-,19-/m0/s1. The van der Waals surface area contributed by atoms with Gasteiger partial charge >= 0.3 is 0 Å². The Hall–Kier alpha value is -0.433. The van der Waals surface area contributed by atoms with Crippen LogP contribution in [0.4, 0.5) is 0 Å². The van der Waals surface area contributed by atoms with E-state index in [9.17, 15) is 10.2 Å². The van der Waals surface area contributed by atoms with Crippen LogP contribution in [0.3, 0.4) is 0 Å². The maximum absolute atomic E-state index is 10.5. The molecule has 1 heterocycles. The fourth-order valence-electron chi connectivity index (χ4n) is 3.66. The van der Waals surface area contributed by atoms with Crippen LogP contribution in [0.5, 0.6) is 0 Å². The van der Waals surface area contributed by atoms with E-state index in [1.54, 1.807) is 0 Å². The Morgan fingerprint density at radius 2 is 1.77 bits per heavy atom. The smallest absolute Gasteiger partial charge is 0.192 e. The van der Waals surface area contributed by atoms with Gasteiger partial charge in [-0.05, 0) is 43.8 Å². The van der Waals surface area contributed by atoms with Crippen LogP contribution in [-0.4, -0.2) is 48.7 Å². The maximum Gasteiger partial charge on any atom is 0.192 e. The van der Waals surface area contributed by atoms with Crippen molar-refractivity contribution in [2.75, 3.05) is 0 Å². The fraction of sp³-hybridized carbons (Fsp3) is 0.950. The Kier molecular flexibility index (Phi) is 7.33. The lowest BCUT2D eigenvalue weighted by Crippen LogP contribution is -2.45. The van der Waals surface area contributed by atoms with E-state index >= 15 is 0 Å². The molecule has 2 aliphatic rings. The molecule has 0 aromatic rings. The Balaban J connectivity index is 1.82. The summed E-state index contributed by atoms with van der Waals surface area (Å²) in [5.74, 6) is 0.320. The van der Waals surface area contributed by atoms with Crippen LogP contribution in [0.2, 0.25) is 18.1 Å². The largest absolute Gasteiger partial charge is 0.409 e. The summed E-state index contributed by atoms with van der Waals surface area (Å²) in [6.07, 6.45) is 5.12. The second-order valence-electron chi connectivity index (χ2n) is 9.72. The number of aliphatic hydroxyl groups excluding tert-OH is 2. The molecule has 2 rings (SSSR count). The first-order chi connectivity index (χ1) is 12.0. The molecular weight excluding hydrogens is 346 g/mol. The molecule has 1 aliphatic carbocycles. The summed E-state index contributed by atoms with van der Waals surface area (Å²) in [4.78, 5) is 5.50. The highest BCUT2D eigenvalue weighted by atomic mass is 28.4. The molecule has 0 amide bonds. The molecule has 6 heteroatoms. The predicted molar refractivity (Wildman–Crippen MR) is 108 cm³/mol. The van der Waals surface area contributed by atoms with Gasteiger partial charge in [0.05, 0.1) is 24.0 Å². The molecule has 0 bridgehead atoms. The number of nitrogens with zero attached hydrogens (tertiary/aromatic N) is 1. The highest BCUT2D eigenvalue weighted by molar-refractivity contribution is 6.74.